The second-order valence-corrected chi connectivity index (χ2v) is 5.29. The predicted molar refractivity (Wildman–Crippen MR) is 71.9 cm³/mol. The van der Waals surface area contributed by atoms with E-state index < -0.39 is 5.97 Å². The Hall–Kier alpha value is -1.35. The number of carbonyl (C=O) groups is 1. The molecular weight excluding hydrogens is 226 g/mol. The predicted octanol–water partition coefficient (Wildman–Crippen LogP) is 2.26. The Labute approximate surface area is 108 Å². The Balaban J connectivity index is 1.98. The van der Waals surface area contributed by atoms with Crippen molar-refractivity contribution in [3.8, 4) is 0 Å². The number of likely N-dealkylation sites (N-methyl/N-ethyl adjacent to an activating group) is 1. The van der Waals surface area contributed by atoms with Crippen molar-refractivity contribution < 1.29 is 9.90 Å². The molecule has 0 radical (unpaired) electrons. The lowest BCUT2D eigenvalue weighted by Crippen LogP contribution is -2.37. The summed E-state index contributed by atoms with van der Waals surface area (Å²) in [6, 6.07) is 7.16. The Morgan fingerprint density at radius 3 is 2.94 bits per heavy atom. The van der Waals surface area contributed by atoms with Crippen molar-refractivity contribution in [1.82, 2.24) is 4.90 Å². The number of hydrogen-bond acceptors (Lipinski definition) is 2. The lowest BCUT2D eigenvalue weighted by Gasteiger charge is -2.32. The summed E-state index contributed by atoms with van der Waals surface area (Å²) in [5.74, 6) is -0.714. The largest absolute Gasteiger partial charge is 0.481 e. The van der Waals surface area contributed by atoms with Gasteiger partial charge in [-0.3, -0.25) is 4.79 Å². The average molecular weight is 247 g/mol. The molecule has 0 aliphatic heterocycles. The van der Waals surface area contributed by atoms with Crippen LogP contribution in [0.3, 0.4) is 0 Å². The van der Waals surface area contributed by atoms with Gasteiger partial charge in [-0.25, -0.2) is 0 Å². The zero-order valence-corrected chi connectivity index (χ0v) is 11.1. The van der Waals surface area contributed by atoms with Crippen molar-refractivity contribution in [3.05, 3.63) is 34.9 Å². The summed E-state index contributed by atoms with van der Waals surface area (Å²) < 4.78 is 0. The van der Waals surface area contributed by atoms with E-state index in [0.717, 1.165) is 19.3 Å². The van der Waals surface area contributed by atoms with Gasteiger partial charge in [-0.15, -0.1) is 0 Å². The molecule has 1 aromatic rings. The van der Waals surface area contributed by atoms with E-state index in [1.165, 1.54) is 16.7 Å². The minimum absolute atomic E-state index is 0.230. The van der Waals surface area contributed by atoms with E-state index >= 15 is 0 Å². The topological polar surface area (TPSA) is 40.5 Å². The third-order valence-electron chi connectivity index (χ3n) is 3.87. The molecular formula is C15H21NO2. The van der Waals surface area contributed by atoms with E-state index in [2.05, 4.69) is 30.0 Å². The molecule has 0 spiro atoms. The van der Waals surface area contributed by atoms with E-state index in [4.69, 9.17) is 5.11 Å². The monoisotopic (exact) mass is 247 g/mol. The van der Waals surface area contributed by atoms with Gasteiger partial charge in [0, 0.05) is 12.6 Å². The van der Waals surface area contributed by atoms with Crippen molar-refractivity contribution in [2.45, 2.75) is 38.6 Å². The smallest absolute Gasteiger partial charge is 0.304 e. The molecule has 0 amide bonds. The molecule has 0 bridgehead atoms. The van der Waals surface area contributed by atoms with Gasteiger partial charge in [0.05, 0.1) is 6.42 Å². The van der Waals surface area contributed by atoms with Crippen LogP contribution in [0.1, 0.15) is 29.5 Å². The van der Waals surface area contributed by atoms with Crippen molar-refractivity contribution >= 4 is 5.97 Å². The maximum atomic E-state index is 10.6. The molecule has 0 saturated carbocycles. The molecule has 1 unspecified atom stereocenters. The van der Waals surface area contributed by atoms with Gasteiger partial charge < -0.3 is 10.0 Å². The number of nitrogens with zero attached hydrogens (tertiary/aromatic N) is 1. The molecule has 3 heteroatoms. The maximum Gasteiger partial charge on any atom is 0.304 e. The van der Waals surface area contributed by atoms with Crippen LogP contribution in [-0.2, 0) is 17.6 Å². The van der Waals surface area contributed by atoms with E-state index in [0.29, 0.717) is 12.6 Å². The minimum atomic E-state index is -0.714. The highest BCUT2D eigenvalue weighted by Crippen LogP contribution is 2.25. The number of fused-ring (bicyclic) bond motifs is 1. The van der Waals surface area contributed by atoms with Crippen molar-refractivity contribution in [2.24, 2.45) is 0 Å². The van der Waals surface area contributed by atoms with Crippen LogP contribution >= 0.6 is 0 Å². The number of carboxylic acids is 1. The first kappa shape index (κ1) is 13.1. The molecule has 3 nitrogen and oxygen atoms in total. The number of benzene rings is 1. The molecule has 0 saturated heterocycles. The van der Waals surface area contributed by atoms with E-state index in [-0.39, 0.29) is 6.42 Å². The normalized spacial score (nSPS) is 18.7. The zero-order chi connectivity index (χ0) is 13.1. The fourth-order valence-electron chi connectivity index (χ4n) is 2.70. The Morgan fingerprint density at radius 2 is 2.22 bits per heavy atom. The first-order valence-electron chi connectivity index (χ1n) is 6.56. The van der Waals surface area contributed by atoms with Crippen LogP contribution in [0.15, 0.2) is 18.2 Å². The van der Waals surface area contributed by atoms with E-state index in [1.54, 1.807) is 0 Å². The fourth-order valence-corrected chi connectivity index (χ4v) is 2.70. The van der Waals surface area contributed by atoms with E-state index in [1.807, 2.05) is 7.05 Å². The fraction of sp³-hybridized carbons (Fsp3) is 0.533. The van der Waals surface area contributed by atoms with Crippen molar-refractivity contribution in [1.29, 1.82) is 0 Å². The third-order valence-corrected chi connectivity index (χ3v) is 3.87. The summed E-state index contributed by atoms with van der Waals surface area (Å²) in [5, 5.41) is 8.72. The van der Waals surface area contributed by atoms with Gasteiger partial charge in [-0.2, -0.15) is 0 Å². The lowest BCUT2D eigenvalue weighted by molar-refractivity contribution is -0.137. The SMILES string of the molecule is Cc1ccc2c(c1)CCC(N(C)CCC(=O)O)C2. The van der Waals surface area contributed by atoms with Crippen LogP contribution in [0.2, 0.25) is 0 Å². The number of aliphatic carboxylic acids is 1. The minimum Gasteiger partial charge on any atom is -0.481 e. The van der Waals surface area contributed by atoms with Gasteiger partial charge in [-0.1, -0.05) is 23.8 Å². The molecule has 18 heavy (non-hydrogen) atoms. The van der Waals surface area contributed by atoms with Crippen molar-refractivity contribution in [2.75, 3.05) is 13.6 Å². The van der Waals surface area contributed by atoms with Gasteiger partial charge in [0.25, 0.3) is 0 Å². The molecule has 1 aromatic carbocycles. The Bertz CT molecular complexity index is 442. The second-order valence-electron chi connectivity index (χ2n) is 5.29. The Morgan fingerprint density at radius 1 is 1.44 bits per heavy atom. The number of carboxylic acid groups (broad SMARTS) is 1. The number of rotatable bonds is 4. The molecule has 1 aliphatic rings. The standard InChI is InChI=1S/C15H21NO2/c1-11-3-4-13-10-14(6-5-12(13)9-11)16(2)8-7-15(17)18/h3-4,9,14H,5-8,10H2,1-2H3,(H,17,18). The average Bonchev–Trinajstić information content (AvgIpc) is 2.35. The highest BCUT2D eigenvalue weighted by Gasteiger charge is 2.22. The van der Waals surface area contributed by atoms with E-state index in [9.17, 15) is 4.79 Å². The molecule has 98 valence electrons. The van der Waals surface area contributed by atoms with Gasteiger partial charge in [-0.05, 0) is 44.4 Å². The van der Waals surface area contributed by atoms with Crippen LogP contribution in [0.5, 0.6) is 0 Å². The summed E-state index contributed by atoms with van der Waals surface area (Å²) >= 11 is 0. The summed E-state index contributed by atoms with van der Waals surface area (Å²) in [6.45, 7) is 2.77. The Kier molecular flexibility index (Phi) is 4.02. The number of aryl methyl sites for hydroxylation is 2. The quantitative estimate of drug-likeness (QED) is 0.887. The van der Waals surface area contributed by atoms with Gasteiger partial charge in [0.15, 0.2) is 0 Å². The highest BCUT2D eigenvalue weighted by atomic mass is 16.4. The van der Waals surface area contributed by atoms with Gasteiger partial charge in [0.1, 0.15) is 0 Å². The molecule has 1 N–H and O–H groups in total. The van der Waals surface area contributed by atoms with Crippen LogP contribution in [0.25, 0.3) is 0 Å². The maximum absolute atomic E-state index is 10.6. The third kappa shape index (κ3) is 3.10. The lowest BCUT2D eigenvalue weighted by atomic mass is 9.86. The molecule has 1 atom stereocenters. The van der Waals surface area contributed by atoms with Gasteiger partial charge in [0.2, 0.25) is 0 Å². The summed E-state index contributed by atoms with van der Waals surface area (Å²) in [5.41, 5.74) is 4.23. The summed E-state index contributed by atoms with van der Waals surface area (Å²) in [7, 11) is 2.03. The molecule has 0 fully saturated rings. The van der Waals surface area contributed by atoms with Crippen LogP contribution in [0, 0.1) is 6.92 Å². The number of hydrogen-bond donors (Lipinski definition) is 1. The summed E-state index contributed by atoms with van der Waals surface area (Å²) in [6.07, 6.45) is 3.52. The highest BCUT2D eigenvalue weighted by molar-refractivity contribution is 5.66. The molecule has 2 rings (SSSR count). The zero-order valence-electron chi connectivity index (χ0n) is 11.1. The van der Waals surface area contributed by atoms with Crippen LogP contribution in [-0.4, -0.2) is 35.6 Å². The first-order valence-corrected chi connectivity index (χ1v) is 6.56. The molecule has 0 aromatic heterocycles. The first-order chi connectivity index (χ1) is 8.56. The van der Waals surface area contributed by atoms with Crippen LogP contribution < -0.4 is 0 Å². The van der Waals surface area contributed by atoms with Crippen LogP contribution in [0.4, 0.5) is 0 Å². The van der Waals surface area contributed by atoms with Crippen molar-refractivity contribution in [3.63, 3.8) is 0 Å². The summed E-state index contributed by atoms with van der Waals surface area (Å²) in [4.78, 5) is 12.8. The van der Waals surface area contributed by atoms with Gasteiger partial charge >= 0.3 is 5.97 Å². The molecule has 1 aliphatic carbocycles. The molecule has 0 heterocycles. The second kappa shape index (κ2) is 5.53.